The highest BCUT2D eigenvalue weighted by atomic mass is 16.5. The van der Waals surface area contributed by atoms with Crippen molar-refractivity contribution >= 4 is 11.6 Å². The summed E-state index contributed by atoms with van der Waals surface area (Å²) in [7, 11) is 1.73. The number of anilines is 2. The second kappa shape index (κ2) is 9.50. The molecule has 1 aliphatic rings. The number of rotatable bonds is 8. The van der Waals surface area contributed by atoms with Crippen molar-refractivity contribution in [1.82, 2.24) is 14.9 Å². The van der Waals surface area contributed by atoms with Crippen molar-refractivity contribution in [3.63, 3.8) is 0 Å². The highest BCUT2D eigenvalue weighted by Crippen LogP contribution is 2.18. The molecule has 1 N–H and O–H groups in total. The van der Waals surface area contributed by atoms with Gasteiger partial charge in [0.2, 0.25) is 0 Å². The zero-order valence-corrected chi connectivity index (χ0v) is 15.8. The SMILES string of the molecule is COCCCNc1cc(N2CCN(Cc3ccccc3)CC2)nc(C)n1. The van der Waals surface area contributed by atoms with Crippen LogP contribution in [0.5, 0.6) is 0 Å². The zero-order chi connectivity index (χ0) is 18.2. The first-order valence-corrected chi connectivity index (χ1v) is 9.34. The largest absolute Gasteiger partial charge is 0.385 e. The molecule has 0 radical (unpaired) electrons. The van der Waals surface area contributed by atoms with Crippen molar-refractivity contribution in [2.24, 2.45) is 0 Å². The molecule has 3 rings (SSSR count). The molecule has 0 atom stereocenters. The molecule has 1 aromatic heterocycles. The highest BCUT2D eigenvalue weighted by molar-refractivity contribution is 5.49. The van der Waals surface area contributed by atoms with Crippen molar-refractivity contribution in [1.29, 1.82) is 0 Å². The normalized spacial score (nSPS) is 15.2. The van der Waals surface area contributed by atoms with E-state index in [0.29, 0.717) is 0 Å². The minimum absolute atomic E-state index is 0.757. The van der Waals surface area contributed by atoms with Crippen LogP contribution in [0, 0.1) is 6.92 Å². The molecule has 6 nitrogen and oxygen atoms in total. The Bertz CT molecular complexity index is 671. The number of methoxy groups -OCH3 is 1. The summed E-state index contributed by atoms with van der Waals surface area (Å²) in [6.07, 6.45) is 0.965. The monoisotopic (exact) mass is 355 g/mol. The van der Waals surface area contributed by atoms with Crippen molar-refractivity contribution in [2.45, 2.75) is 19.9 Å². The van der Waals surface area contributed by atoms with Crippen LogP contribution in [0.1, 0.15) is 17.8 Å². The number of benzene rings is 1. The molecule has 2 heterocycles. The molecule has 1 fully saturated rings. The van der Waals surface area contributed by atoms with E-state index in [1.807, 2.05) is 6.92 Å². The number of piperazine rings is 1. The van der Waals surface area contributed by atoms with Crippen LogP contribution in [0.15, 0.2) is 36.4 Å². The number of hydrogen-bond acceptors (Lipinski definition) is 6. The van der Waals surface area contributed by atoms with Gasteiger partial charge in [0.1, 0.15) is 17.5 Å². The van der Waals surface area contributed by atoms with Gasteiger partial charge in [-0.05, 0) is 18.9 Å². The van der Waals surface area contributed by atoms with Crippen LogP contribution in [0.3, 0.4) is 0 Å². The maximum Gasteiger partial charge on any atom is 0.134 e. The molecule has 1 aromatic carbocycles. The molecule has 0 aliphatic carbocycles. The number of aromatic nitrogens is 2. The fraction of sp³-hybridized carbons (Fsp3) is 0.500. The lowest BCUT2D eigenvalue weighted by Crippen LogP contribution is -2.46. The number of hydrogen-bond donors (Lipinski definition) is 1. The quantitative estimate of drug-likeness (QED) is 0.735. The van der Waals surface area contributed by atoms with Crippen LogP contribution in [-0.4, -0.2) is 61.3 Å². The Kier molecular flexibility index (Phi) is 6.80. The smallest absolute Gasteiger partial charge is 0.134 e. The van der Waals surface area contributed by atoms with E-state index >= 15 is 0 Å². The maximum absolute atomic E-state index is 5.09. The Morgan fingerprint density at radius 3 is 2.58 bits per heavy atom. The summed E-state index contributed by atoms with van der Waals surface area (Å²) in [4.78, 5) is 14.0. The van der Waals surface area contributed by atoms with Gasteiger partial charge in [0, 0.05) is 59.1 Å². The third-order valence-corrected chi connectivity index (χ3v) is 4.60. The average Bonchev–Trinajstić information content (AvgIpc) is 2.66. The lowest BCUT2D eigenvalue weighted by Gasteiger charge is -2.35. The lowest BCUT2D eigenvalue weighted by molar-refractivity contribution is 0.198. The first-order chi connectivity index (χ1) is 12.7. The van der Waals surface area contributed by atoms with Gasteiger partial charge in [-0.1, -0.05) is 30.3 Å². The van der Waals surface area contributed by atoms with Crippen LogP contribution in [0.25, 0.3) is 0 Å². The molecular formula is C20H29N5O. The second-order valence-corrected chi connectivity index (χ2v) is 6.68. The molecule has 6 heteroatoms. The molecule has 26 heavy (non-hydrogen) atoms. The van der Waals surface area contributed by atoms with Gasteiger partial charge in [0.15, 0.2) is 0 Å². The van der Waals surface area contributed by atoms with Crippen LogP contribution in [0.4, 0.5) is 11.6 Å². The molecule has 0 bridgehead atoms. The third-order valence-electron chi connectivity index (χ3n) is 4.60. The number of ether oxygens (including phenoxy) is 1. The van der Waals surface area contributed by atoms with Gasteiger partial charge in [-0.15, -0.1) is 0 Å². The van der Waals surface area contributed by atoms with Gasteiger partial charge in [-0.25, -0.2) is 9.97 Å². The zero-order valence-electron chi connectivity index (χ0n) is 15.8. The number of nitrogens with one attached hydrogen (secondary N) is 1. The summed E-state index contributed by atoms with van der Waals surface area (Å²) in [5.74, 6) is 2.73. The van der Waals surface area contributed by atoms with Crippen LogP contribution in [-0.2, 0) is 11.3 Å². The molecule has 140 valence electrons. The van der Waals surface area contributed by atoms with Crippen LogP contribution in [0.2, 0.25) is 0 Å². The van der Waals surface area contributed by atoms with Gasteiger partial charge >= 0.3 is 0 Å². The van der Waals surface area contributed by atoms with Crippen molar-refractivity contribution in [2.75, 3.05) is 56.7 Å². The molecule has 1 saturated heterocycles. The molecule has 2 aromatic rings. The minimum atomic E-state index is 0.757. The topological polar surface area (TPSA) is 53.5 Å². The summed E-state index contributed by atoms with van der Waals surface area (Å²) < 4.78 is 5.09. The van der Waals surface area contributed by atoms with Gasteiger partial charge in [-0.2, -0.15) is 0 Å². The summed E-state index contributed by atoms with van der Waals surface area (Å²) in [5.41, 5.74) is 1.38. The highest BCUT2D eigenvalue weighted by Gasteiger charge is 2.19. The third kappa shape index (κ3) is 5.41. The Morgan fingerprint density at radius 2 is 1.85 bits per heavy atom. The summed E-state index contributed by atoms with van der Waals surface area (Å²) in [6, 6.07) is 12.7. The molecule has 1 aliphatic heterocycles. The van der Waals surface area contributed by atoms with E-state index in [1.165, 1.54) is 5.56 Å². The van der Waals surface area contributed by atoms with Crippen molar-refractivity contribution < 1.29 is 4.74 Å². The summed E-state index contributed by atoms with van der Waals surface area (Å²) in [5, 5.41) is 3.37. The van der Waals surface area contributed by atoms with E-state index in [2.05, 4.69) is 61.5 Å². The fourth-order valence-corrected chi connectivity index (χ4v) is 3.21. The van der Waals surface area contributed by atoms with E-state index in [0.717, 1.165) is 69.8 Å². The van der Waals surface area contributed by atoms with Crippen molar-refractivity contribution in [3.8, 4) is 0 Å². The Labute approximate surface area is 156 Å². The van der Waals surface area contributed by atoms with Crippen molar-refractivity contribution in [3.05, 3.63) is 47.8 Å². The number of aryl methyl sites for hydroxylation is 1. The molecule has 0 spiro atoms. The summed E-state index contributed by atoms with van der Waals surface area (Å²) in [6.45, 7) is 8.67. The Hall–Kier alpha value is -2.18. The average molecular weight is 355 g/mol. The first-order valence-electron chi connectivity index (χ1n) is 9.34. The lowest BCUT2D eigenvalue weighted by atomic mass is 10.2. The Morgan fingerprint density at radius 1 is 1.08 bits per heavy atom. The summed E-state index contributed by atoms with van der Waals surface area (Å²) >= 11 is 0. The Balaban J connectivity index is 1.54. The fourth-order valence-electron chi connectivity index (χ4n) is 3.21. The predicted molar refractivity (Wildman–Crippen MR) is 106 cm³/mol. The molecule has 0 amide bonds. The molecule has 0 saturated carbocycles. The van der Waals surface area contributed by atoms with Crippen LogP contribution < -0.4 is 10.2 Å². The first kappa shape index (κ1) is 18.6. The van der Waals surface area contributed by atoms with E-state index in [1.54, 1.807) is 7.11 Å². The molecular weight excluding hydrogens is 326 g/mol. The molecule has 0 unspecified atom stereocenters. The van der Waals surface area contributed by atoms with Gasteiger partial charge in [0.05, 0.1) is 0 Å². The van der Waals surface area contributed by atoms with Gasteiger partial charge in [0.25, 0.3) is 0 Å². The second-order valence-electron chi connectivity index (χ2n) is 6.68. The van der Waals surface area contributed by atoms with Crippen LogP contribution >= 0.6 is 0 Å². The van der Waals surface area contributed by atoms with Gasteiger partial charge < -0.3 is 15.0 Å². The van der Waals surface area contributed by atoms with Gasteiger partial charge in [-0.3, -0.25) is 4.90 Å². The van der Waals surface area contributed by atoms with E-state index in [4.69, 9.17) is 4.74 Å². The predicted octanol–water partition coefficient (Wildman–Crippen LogP) is 2.56. The standard InChI is InChI=1S/C20H29N5O/c1-17-22-19(21-9-6-14-26-2)15-20(23-17)25-12-10-24(11-13-25)16-18-7-4-3-5-8-18/h3-5,7-8,15H,6,9-14,16H2,1-2H3,(H,21,22,23). The van der Waals surface area contributed by atoms with E-state index < -0.39 is 0 Å². The number of nitrogens with zero attached hydrogens (tertiary/aromatic N) is 4. The minimum Gasteiger partial charge on any atom is -0.385 e. The maximum atomic E-state index is 5.09. The van der Waals surface area contributed by atoms with E-state index in [-0.39, 0.29) is 0 Å². The van der Waals surface area contributed by atoms with E-state index in [9.17, 15) is 0 Å².